The second-order valence-corrected chi connectivity index (χ2v) is 18.9. The van der Waals surface area contributed by atoms with Crippen molar-refractivity contribution in [1.29, 1.82) is 0 Å². The van der Waals surface area contributed by atoms with Crippen molar-refractivity contribution in [3.05, 3.63) is 40.2 Å². The Kier molecular flexibility index (Phi) is 17.1. The summed E-state index contributed by atoms with van der Waals surface area (Å²) in [5.74, 6) is 0.959. The van der Waals surface area contributed by atoms with Gasteiger partial charge in [0.2, 0.25) is 5.91 Å². The molecule has 4 aliphatic carbocycles. The van der Waals surface area contributed by atoms with E-state index in [1.807, 2.05) is 0 Å². The summed E-state index contributed by atoms with van der Waals surface area (Å²) in [6, 6.07) is 4.75. The molecule has 1 heterocycles. The molecule has 4 aliphatic rings. The Morgan fingerprint density at radius 2 is 1.59 bits per heavy atom. The Bertz CT molecular complexity index is 1940. The van der Waals surface area contributed by atoms with Crippen molar-refractivity contribution >= 4 is 34.8 Å². The Morgan fingerprint density at radius 3 is 2.30 bits per heavy atom. The first-order chi connectivity index (χ1) is 30.2. The van der Waals surface area contributed by atoms with Crippen LogP contribution in [0, 0.1) is 46.3 Å². The van der Waals surface area contributed by atoms with Crippen molar-refractivity contribution in [2.75, 3.05) is 59.9 Å². The average molecular weight is 883 g/mol. The molecule has 0 saturated heterocycles. The first-order valence-electron chi connectivity index (χ1n) is 23.2. The van der Waals surface area contributed by atoms with E-state index >= 15 is 0 Å². The second-order valence-electron chi connectivity index (χ2n) is 18.9. The number of fused-ring (bicyclic) bond motifs is 6. The summed E-state index contributed by atoms with van der Waals surface area (Å²) in [5, 5.41) is 12.8. The molecule has 0 radical (unpaired) electrons. The first-order valence-corrected chi connectivity index (χ1v) is 23.2. The van der Waals surface area contributed by atoms with Gasteiger partial charge in [0, 0.05) is 30.5 Å². The number of benzene rings is 1. The first kappa shape index (κ1) is 48.4. The number of carboxylic acids is 1. The van der Waals surface area contributed by atoms with Crippen LogP contribution in [-0.4, -0.2) is 101 Å². The summed E-state index contributed by atoms with van der Waals surface area (Å²) < 4.78 is 38.3. The van der Waals surface area contributed by atoms with Crippen LogP contribution in [0.1, 0.15) is 103 Å². The lowest BCUT2D eigenvalue weighted by Gasteiger charge is -2.61. The van der Waals surface area contributed by atoms with Crippen LogP contribution in [0.4, 0.5) is 0 Å². The van der Waals surface area contributed by atoms with Gasteiger partial charge in [-0.3, -0.25) is 14.4 Å². The van der Waals surface area contributed by atoms with Crippen molar-refractivity contribution in [3.63, 3.8) is 0 Å². The third-order valence-corrected chi connectivity index (χ3v) is 15.3. The van der Waals surface area contributed by atoms with Crippen molar-refractivity contribution in [1.82, 2.24) is 5.32 Å². The molecule has 6 rings (SSSR count). The van der Waals surface area contributed by atoms with Crippen LogP contribution >= 0.6 is 0 Å². The Morgan fingerprint density at radius 1 is 0.889 bits per heavy atom. The highest BCUT2D eigenvalue weighted by molar-refractivity contribution is 5.91. The summed E-state index contributed by atoms with van der Waals surface area (Å²) in [6.45, 7) is 10.8. The van der Waals surface area contributed by atoms with Crippen LogP contribution in [0.25, 0.3) is 11.0 Å². The third-order valence-electron chi connectivity index (χ3n) is 15.3. The molecule has 4 N–H and O–H groups in total. The second kappa shape index (κ2) is 22.2. The predicted octanol–water partition coefficient (Wildman–Crippen LogP) is 5.84. The van der Waals surface area contributed by atoms with E-state index in [1.165, 1.54) is 38.9 Å². The van der Waals surface area contributed by atoms with Crippen LogP contribution in [-0.2, 0) is 49.3 Å². The maximum Gasteiger partial charge on any atom is 0.336 e. The fourth-order valence-corrected chi connectivity index (χ4v) is 12.3. The monoisotopic (exact) mass is 882 g/mol. The fourth-order valence-electron chi connectivity index (χ4n) is 12.3. The third kappa shape index (κ3) is 12.0. The molecular formula is C48H70N2O13. The molecule has 15 heteroatoms. The molecule has 10 atom stereocenters. The molecule has 63 heavy (non-hydrogen) atoms. The van der Waals surface area contributed by atoms with E-state index in [0.717, 1.165) is 32.1 Å². The zero-order valence-electron chi connectivity index (χ0n) is 37.7. The number of carbonyl (C=O) groups is 4. The minimum atomic E-state index is -1.38. The smallest absolute Gasteiger partial charge is 0.336 e. The highest BCUT2D eigenvalue weighted by atomic mass is 16.6. The van der Waals surface area contributed by atoms with Gasteiger partial charge < -0.3 is 49.0 Å². The summed E-state index contributed by atoms with van der Waals surface area (Å²) in [4.78, 5) is 63.6. The molecule has 2 aromatic rings. The molecule has 1 amide bonds. The highest BCUT2D eigenvalue weighted by Gasteiger charge is 2.60. The number of ether oxygens (including phenoxy) is 6. The number of carboxylic acid groups (broad SMARTS) is 1. The molecule has 1 aromatic carbocycles. The van der Waals surface area contributed by atoms with Gasteiger partial charge in [-0.2, -0.15) is 0 Å². The molecule has 1 aromatic heterocycles. The summed E-state index contributed by atoms with van der Waals surface area (Å²) in [5.41, 5.74) is 5.74. The number of nitrogens with one attached hydrogen (secondary N) is 1. The minimum Gasteiger partial charge on any atom is -0.497 e. The summed E-state index contributed by atoms with van der Waals surface area (Å²) in [7, 11) is 1.49. The van der Waals surface area contributed by atoms with Crippen LogP contribution in [0.5, 0.6) is 5.75 Å². The van der Waals surface area contributed by atoms with Gasteiger partial charge >= 0.3 is 23.5 Å². The van der Waals surface area contributed by atoms with E-state index in [-0.39, 0.29) is 41.5 Å². The number of hydrogen-bond acceptors (Lipinski definition) is 13. The maximum absolute atomic E-state index is 13.6. The highest BCUT2D eigenvalue weighted by Crippen LogP contribution is 2.68. The van der Waals surface area contributed by atoms with Gasteiger partial charge in [0.15, 0.2) is 0 Å². The Balaban J connectivity index is 0.955. The van der Waals surface area contributed by atoms with Crippen LogP contribution in [0.2, 0.25) is 0 Å². The molecule has 0 aliphatic heterocycles. The van der Waals surface area contributed by atoms with Crippen LogP contribution < -0.4 is 21.4 Å². The van der Waals surface area contributed by atoms with E-state index in [9.17, 15) is 29.1 Å². The van der Waals surface area contributed by atoms with Gasteiger partial charge in [-0.25, -0.2) is 9.59 Å². The maximum atomic E-state index is 13.6. The standard InChI is InChI=1S/C48H70N2O13/c1-30(5-12-44(54)61-24-23-60-22-21-59-20-19-58-18-17-49)37-10-11-38-36-8-6-32-27-34(13-15-47(32,2)39(36)14-16-48(37,38)3)62-46(56)40(29-43(52)53)50-42(51)25-31-26-45(55)63-41-28-33(57-4)7-9-35(31)41/h7,9,26,28,30,32,34,36-40H,5-6,8,10-25,27,29,49H2,1-4H3,(H,50,51)(H,52,53)/t30-,32-,34-,36+,37?,38+,39+,40+,47+,48-/m1/s1. The molecule has 0 spiro atoms. The molecule has 350 valence electrons. The Hall–Kier alpha value is -4.05. The average Bonchev–Trinajstić information content (AvgIpc) is 3.61. The van der Waals surface area contributed by atoms with E-state index in [2.05, 4.69) is 26.1 Å². The SMILES string of the molecule is COc1ccc2c(CC(=O)N[C@@H](CC(=O)O)C(=O)O[C@@H]3CC[C@@]4(C)[C@H](CC[C@@H]5[C@@H]4CC[C@]4(C)C([C@H](C)CCC(=O)OCCOCCOCCOCCN)CC[C@@H]54)C3)cc(=O)oc2c1. The Labute approximate surface area is 370 Å². The van der Waals surface area contributed by atoms with Gasteiger partial charge in [-0.15, -0.1) is 0 Å². The molecule has 1 unspecified atom stereocenters. The number of amides is 1. The van der Waals surface area contributed by atoms with E-state index in [0.29, 0.717) is 111 Å². The topological polar surface area (TPSA) is 212 Å². The van der Waals surface area contributed by atoms with Crippen LogP contribution in [0.3, 0.4) is 0 Å². The lowest BCUT2D eigenvalue weighted by molar-refractivity contribution is -0.167. The van der Waals surface area contributed by atoms with Gasteiger partial charge in [0.25, 0.3) is 0 Å². The molecule has 0 bridgehead atoms. The minimum absolute atomic E-state index is 0.126. The van der Waals surface area contributed by atoms with Gasteiger partial charge in [-0.05, 0) is 128 Å². The van der Waals surface area contributed by atoms with Crippen molar-refractivity contribution in [2.45, 2.75) is 116 Å². The zero-order chi connectivity index (χ0) is 45.1. The van der Waals surface area contributed by atoms with E-state index in [4.69, 9.17) is 38.6 Å². The fraction of sp³-hybridized carbons (Fsp3) is 0.729. The normalized spacial score (nSPS) is 28.5. The molecule has 4 saturated carbocycles. The number of hydrogen-bond donors (Lipinski definition) is 3. The van der Waals surface area contributed by atoms with Crippen molar-refractivity contribution < 1.29 is 57.1 Å². The largest absolute Gasteiger partial charge is 0.497 e. The molecular weight excluding hydrogens is 813 g/mol. The predicted molar refractivity (Wildman–Crippen MR) is 233 cm³/mol. The number of esters is 2. The van der Waals surface area contributed by atoms with E-state index < -0.39 is 35.9 Å². The van der Waals surface area contributed by atoms with Crippen molar-refractivity contribution in [2.24, 2.45) is 52.1 Å². The van der Waals surface area contributed by atoms with Crippen LogP contribution in [0.15, 0.2) is 33.5 Å². The lowest BCUT2D eigenvalue weighted by atomic mass is 9.44. The number of methoxy groups -OCH3 is 1. The quantitative estimate of drug-likeness (QED) is 0.0680. The summed E-state index contributed by atoms with van der Waals surface area (Å²) >= 11 is 0. The number of rotatable bonds is 23. The van der Waals surface area contributed by atoms with E-state index in [1.54, 1.807) is 18.2 Å². The van der Waals surface area contributed by atoms with Gasteiger partial charge in [0.05, 0.1) is 59.6 Å². The van der Waals surface area contributed by atoms with Gasteiger partial charge in [-0.1, -0.05) is 20.8 Å². The molecule has 15 nitrogen and oxygen atoms in total. The number of carbonyl (C=O) groups excluding carboxylic acids is 3. The number of aliphatic carboxylic acids is 1. The number of nitrogens with two attached hydrogens (primary N) is 1. The summed E-state index contributed by atoms with van der Waals surface area (Å²) in [6.07, 6.45) is 9.28. The van der Waals surface area contributed by atoms with Crippen molar-refractivity contribution in [3.8, 4) is 5.75 Å². The molecule has 4 fully saturated rings. The lowest BCUT2D eigenvalue weighted by Crippen LogP contribution is -2.54. The zero-order valence-corrected chi connectivity index (χ0v) is 37.7. The van der Waals surface area contributed by atoms with Gasteiger partial charge in [0.1, 0.15) is 30.1 Å².